The molecule has 2 rings (SSSR count). The zero-order chi connectivity index (χ0) is 14.7. The number of aromatic nitrogens is 1. The molecular formula is C11H9FN4O4. The van der Waals surface area contributed by atoms with Crippen molar-refractivity contribution in [1.29, 1.82) is 0 Å². The Morgan fingerprint density at radius 2 is 2.25 bits per heavy atom. The van der Waals surface area contributed by atoms with Crippen molar-refractivity contribution >= 4 is 23.1 Å². The number of benzene rings is 1. The summed E-state index contributed by atoms with van der Waals surface area (Å²) in [6.45, 7) is 0. The van der Waals surface area contributed by atoms with Crippen molar-refractivity contribution in [1.82, 2.24) is 5.16 Å². The summed E-state index contributed by atoms with van der Waals surface area (Å²) in [5, 5.41) is 19.1. The van der Waals surface area contributed by atoms with Crippen LogP contribution in [0.1, 0.15) is 10.4 Å². The van der Waals surface area contributed by atoms with Gasteiger partial charge in [-0.3, -0.25) is 14.9 Å². The van der Waals surface area contributed by atoms with Gasteiger partial charge in [-0.05, 0) is 6.07 Å². The summed E-state index contributed by atoms with van der Waals surface area (Å²) >= 11 is 0. The smallest absolute Gasteiger partial charge is 0.285 e. The maximum atomic E-state index is 13.5. The Bertz CT molecular complexity index is 657. The van der Waals surface area contributed by atoms with E-state index in [0.29, 0.717) is 6.07 Å². The molecule has 0 spiro atoms. The molecule has 1 amide bonds. The quantitative estimate of drug-likeness (QED) is 0.654. The van der Waals surface area contributed by atoms with E-state index in [9.17, 15) is 19.3 Å². The van der Waals surface area contributed by atoms with Gasteiger partial charge in [0.25, 0.3) is 11.6 Å². The molecule has 20 heavy (non-hydrogen) atoms. The fraction of sp³-hybridized carbons (Fsp3) is 0.0909. The minimum absolute atomic E-state index is 0.0269. The third-order valence-corrected chi connectivity index (χ3v) is 2.48. The number of anilines is 2. The number of carbonyl (C=O) groups is 1. The van der Waals surface area contributed by atoms with E-state index < -0.39 is 22.3 Å². The van der Waals surface area contributed by atoms with Gasteiger partial charge in [-0.2, -0.15) is 0 Å². The standard InChI is InChI=1S/C11H9FN4O4/c1-13-8-4-6(9(16(18)19)5-7(8)12)11(17)14-10-2-3-20-15-10/h2-5,13H,1H3,(H,14,15,17). The second kappa shape index (κ2) is 5.34. The molecule has 9 heteroatoms. The molecule has 2 N–H and O–H groups in total. The van der Waals surface area contributed by atoms with Gasteiger partial charge in [0.05, 0.1) is 16.7 Å². The molecule has 8 nitrogen and oxygen atoms in total. The first-order valence-electron chi connectivity index (χ1n) is 5.40. The van der Waals surface area contributed by atoms with Gasteiger partial charge in [0, 0.05) is 13.1 Å². The lowest BCUT2D eigenvalue weighted by Gasteiger charge is -2.07. The highest BCUT2D eigenvalue weighted by Crippen LogP contribution is 2.26. The van der Waals surface area contributed by atoms with E-state index in [0.717, 1.165) is 6.07 Å². The van der Waals surface area contributed by atoms with E-state index in [1.54, 1.807) is 0 Å². The van der Waals surface area contributed by atoms with Crippen molar-refractivity contribution in [3.63, 3.8) is 0 Å². The number of halogens is 1. The molecule has 104 valence electrons. The van der Waals surface area contributed by atoms with Gasteiger partial charge in [-0.25, -0.2) is 4.39 Å². The molecule has 1 aromatic carbocycles. The van der Waals surface area contributed by atoms with E-state index in [2.05, 4.69) is 20.3 Å². The summed E-state index contributed by atoms with van der Waals surface area (Å²) in [5.41, 5.74) is -0.952. The van der Waals surface area contributed by atoms with Gasteiger partial charge in [0.15, 0.2) is 11.6 Å². The predicted octanol–water partition coefficient (Wildman–Crippen LogP) is 2.02. The summed E-state index contributed by atoms with van der Waals surface area (Å²) < 4.78 is 18.0. The topological polar surface area (TPSA) is 110 Å². The van der Waals surface area contributed by atoms with Crippen LogP contribution in [0.2, 0.25) is 0 Å². The van der Waals surface area contributed by atoms with Gasteiger partial charge in [-0.15, -0.1) is 0 Å². The van der Waals surface area contributed by atoms with Crippen LogP contribution in [0.5, 0.6) is 0 Å². The van der Waals surface area contributed by atoms with E-state index in [4.69, 9.17) is 0 Å². The second-order valence-corrected chi connectivity index (χ2v) is 3.70. The van der Waals surface area contributed by atoms with Crippen molar-refractivity contribution in [3.05, 3.63) is 46.0 Å². The number of amides is 1. The highest BCUT2D eigenvalue weighted by molar-refractivity contribution is 6.07. The third-order valence-electron chi connectivity index (χ3n) is 2.48. The first-order chi connectivity index (χ1) is 9.52. The number of carbonyl (C=O) groups excluding carboxylic acids is 1. The largest absolute Gasteiger partial charge is 0.386 e. The summed E-state index contributed by atoms with van der Waals surface area (Å²) in [4.78, 5) is 22.0. The van der Waals surface area contributed by atoms with Crippen LogP contribution < -0.4 is 10.6 Å². The van der Waals surface area contributed by atoms with Crippen molar-refractivity contribution < 1.29 is 18.6 Å². The Balaban J connectivity index is 2.42. The van der Waals surface area contributed by atoms with Crippen molar-refractivity contribution in [2.45, 2.75) is 0 Å². The lowest BCUT2D eigenvalue weighted by Crippen LogP contribution is -2.15. The molecule has 0 unspecified atom stereocenters. The Labute approximate surface area is 111 Å². The number of hydrogen-bond acceptors (Lipinski definition) is 6. The van der Waals surface area contributed by atoms with Gasteiger partial charge in [0.2, 0.25) is 0 Å². The number of rotatable bonds is 4. The first-order valence-corrected chi connectivity index (χ1v) is 5.40. The number of hydrogen-bond donors (Lipinski definition) is 2. The molecule has 1 heterocycles. The highest BCUT2D eigenvalue weighted by atomic mass is 19.1. The monoisotopic (exact) mass is 280 g/mol. The van der Waals surface area contributed by atoms with Crippen LogP contribution in [0.4, 0.5) is 21.6 Å². The van der Waals surface area contributed by atoms with Crippen molar-refractivity contribution in [2.24, 2.45) is 0 Å². The summed E-state index contributed by atoms with van der Waals surface area (Å²) in [6, 6.07) is 3.11. The average molecular weight is 280 g/mol. The number of nitro benzene ring substituents is 1. The molecule has 0 aliphatic rings. The number of nitro groups is 1. The van der Waals surface area contributed by atoms with Gasteiger partial charge >= 0.3 is 0 Å². The summed E-state index contributed by atoms with van der Waals surface area (Å²) in [6.07, 6.45) is 1.23. The van der Waals surface area contributed by atoms with Crippen LogP contribution in [0.15, 0.2) is 29.0 Å². The van der Waals surface area contributed by atoms with Crippen LogP contribution in [0, 0.1) is 15.9 Å². The van der Waals surface area contributed by atoms with Gasteiger partial charge < -0.3 is 15.2 Å². The molecule has 0 aliphatic carbocycles. The molecule has 0 fully saturated rings. The van der Waals surface area contributed by atoms with Crippen molar-refractivity contribution in [2.75, 3.05) is 17.7 Å². The molecule has 2 aromatic rings. The summed E-state index contributed by atoms with van der Waals surface area (Å²) in [5.74, 6) is -1.51. The van der Waals surface area contributed by atoms with Gasteiger partial charge in [-0.1, -0.05) is 5.16 Å². The second-order valence-electron chi connectivity index (χ2n) is 3.70. The molecule has 0 radical (unpaired) electrons. The highest BCUT2D eigenvalue weighted by Gasteiger charge is 2.24. The van der Waals surface area contributed by atoms with Gasteiger partial charge in [0.1, 0.15) is 11.8 Å². The lowest BCUT2D eigenvalue weighted by molar-refractivity contribution is -0.385. The molecule has 0 saturated carbocycles. The third kappa shape index (κ3) is 2.55. The lowest BCUT2D eigenvalue weighted by atomic mass is 10.1. The Hall–Kier alpha value is -2.97. The zero-order valence-electron chi connectivity index (χ0n) is 10.2. The molecular weight excluding hydrogens is 271 g/mol. The fourth-order valence-electron chi connectivity index (χ4n) is 1.55. The first kappa shape index (κ1) is 13.5. The summed E-state index contributed by atoms with van der Waals surface area (Å²) in [7, 11) is 1.43. The molecule has 0 saturated heterocycles. The average Bonchev–Trinajstić information content (AvgIpc) is 2.90. The number of nitrogens with one attached hydrogen (secondary N) is 2. The van der Waals surface area contributed by atoms with E-state index >= 15 is 0 Å². The molecule has 0 atom stereocenters. The maximum Gasteiger partial charge on any atom is 0.285 e. The Morgan fingerprint density at radius 3 is 2.80 bits per heavy atom. The Kier molecular flexibility index (Phi) is 3.60. The van der Waals surface area contributed by atoms with E-state index in [-0.39, 0.29) is 17.1 Å². The predicted molar refractivity (Wildman–Crippen MR) is 67.1 cm³/mol. The maximum absolute atomic E-state index is 13.5. The molecule has 0 aliphatic heterocycles. The van der Waals surface area contributed by atoms with Crippen LogP contribution in [-0.2, 0) is 0 Å². The van der Waals surface area contributed by atoms with E-state index in [1.165, 1.54) is 19.4 Å². The molecule has 1 aromatic heterocycles. The minimum Gasteiger partial charge on any atom is -0.386 e. The Morgan fingerprint density at radius 1 is 1.50 bits per heavy atom. The number of nitrogens with zero attached hydrogens (tertiary/aromatic N) is 2. The van der Waals surface area contributed by atoms with Crippen LogP contribution >= 0.6 is 0 Å². The van der Waals surface area contributed by atoms with Crippen LogP contribution in [-0.4, -0.2) is 23.0 Å². The van der Waals surface area contributed by atoms with Crippen LogP contribution in [0.25, 0.3) is 0 Å². The fourth-order valence-corrected chi connectivity index (χ4v) is 1.55. The van der Waals surface area contributed by atoms with Crippen molar-refractivity contribution in [3.8, 4) is 0 Å². The minimum atomic E-state index is -0.833. The van der Waals surface area contributed by atoms with E-state index in [1.807, 2.05) is 0 Å². The SMILES string of the molecule is CNc1cc(C(=O)Nc2ccon2)c([N+](=O)[O-])cc1F. The normalized spacial score (nSPS) is 10.1. The zero-order valence-corrected chi connectivity index (χ0v) is 10.2. The molecule has 0 bridgehead atoms. The van der Waals surface area contributed by atoms with Crippen LogP contribution in [0.3, 0.4) is 0 Å².